The maximum Gasteiger partial charge on any atom is 0.419 e. The number of aryl methyl sites for hydroxylation is 1. The summed E-state index contributed by atoms with van der Waals surface area (Å²) < 4.78 is 84.6. The predicted octanol–water partition coefficient (Wildman–Crippen LogP) is 3.63. The number of nitrogens with zero attached hydrogens (tertiary/aromatic N) is 2. The zero-order valence-electron chi connectivity index (χ0n) is 19.1. The van der Waals surface area contributed by atoms with Crippen LogP contribution in [0.1, 0.15) is 22.5 Å². The van der Waals surface area contributed by atoms with Crippen molar-refractivity contribution in [3.8, 4) is 5.75 Å². The van der Waals surface area contributed by atoms with Gasteiger partial charge in [0.25, 0.3) is 0 Å². The average molecular weight is 503 g/mol. The van der Waals surface area contributed by atoms with Crippen molar-refractivity contribution >= 4 is 23.3 Å². The van der Waals surface area contributed by atoms with Crippen molar-refractivity contribution in [2.24, 2.45) is 0 Å². The van der Waals surface area contributed by atoms with E-state index in [1.807, 2.05) is 0 Å². The summed E-state index contributed by atoms with van der Waals surface area (Å²) in [5.74, 6) is -5.05. The van der Waals surface area contributed by atoms with Gasteiger partial charge >= 0.3 is 12.1 Å². The molecule has 2 aromatic rings. The number of carbonyl (C=O) groups is 2. The fourth-order valence-corrected chi connectivity index (χ4v) is 3.86. The van der Waals surface area contributed by atoms with Gasteiger partial charge in [0, 0.05) is 25.4 Å². The van der Waals surface area contributed by atoms with E-state index in [2.05, 4.69) is 15.0 Å². The molecular formula is C22H22F5N3O5. The normalized spacial score (nSPS) is 20.0. The molecule has 1 aliphatic heterocycles. The van der Waals surface area contributed by atoms with E-state index in [0.29, 0.717) is 5.56 Å². The van der Waals surface area contributed by atoms with Gasteiger partial charge in [0.15, 0.2) is 17.2 Å². The first-order valence-corrected chi connectivity index (χ1v) is 10.2. The van der Waals surface area contributed by atoms with Gasteiger partial charge < -0.3 is 24.4 Å². The van der Waals surface area contributed by atoms with E-state index < -0.39 is 60.0 Å². The van der Waals surface area contributed by atoms with E-state index >= 15 is 0 Å². The maximum atomic E-state index is 14.4. The van der Waals surface area contributed by atoms with Crippen molar-refractivity contribution in [3.63, 3.8) is 0 Å². The number of carbonyl (C=O) groups excluding carboxylic acids is 2. The topological polar surface area (TPSA) is 90.0 Å². The summed E-state index contributed by atoms with van der Waals surface area (Å²) in [6.07, 6.45) is -4.47. The van der Waals surface area contributed by atoms with Crippen LogP contribution in [0.5, 0.6) is 5.75 Å². The highest BCUT2D eigenvalue weighted by Crippen LogP contribution is 2.47. The van der Waals surface area contributed by atoms with Crippen LogP contribution in [0.2, 0.25) is 0 Å². The molecular weight excluding hydrogens is 481 g/mol. The largest absolute Gasteiger partial charge is 0.491 e. The Balaban J connectivity index is 2.06. The molecule has 1 N–H and O–H groups in total. The fourth-order valence-electron chi connectivity index (χ4n) is 3.86. The third kappa shape index (κ3) is 4.72. The highest BCUT2D eigenvalue weighted by atomic mass is 19.4. The maximum absolute atomic E-state index is 14.4. The van der Waals surface area contributed by atoms with Crippen LogP contribution in [0.15, 0.2) is 24.4 Å². The van der Waals surface area contributed by atoms with E-state index in [-0.39, 0.29) is 17.1 Å². The molecule has 1 aromatic carbocycles. The van der Waals surface area contributed by atoms with Crippen LogP contribution in [0.25, 0.3) is 0 Å². The molecule has 13 heteroatoms. The summed E-state index contributed by atoms with van der Waals surface area (Å²) in [7, 11) is 3.01. The molecule has 1 aromatic heterocycles. The number of amides is 1. The Bertz CT molecular complexity index is 1140. The third-order valence-electron chi connectivity index (χ3n) is 5.83. The van der Waals surface area contributed by atoms with Crippen molar-refractivity contribution in [1.82, 2.24) is 4.98 Å². The van der Waals surface area contributed by atoms with Crippen molar-refractivity contribution < 1.29 is 45.8 Å². The van der Waals surface area contributed by atoms with Gasteiger partial charge in [-0.25, -0.2) is 14.2 Å². The number of alkyl halides is 3. The minimum Gasteiger partial charge on any atom is -0.491 e. The molecule has 1 fully saturated rings. The predicted molar refractivity (Wildman–Crippen MR) is 113 cm³/mol. The fraction of sp³-hybridized carbons (Fsp3) is 0.409. The standard InChI is InChI=1S/C22H22F5N3O5/c1-11-9-28-14(20(32)34-3)7-13(11)29-19(31)16-8-21(35-4,22(25,26)27)10-30(16)15-6-5-12(23)17(24)18(15)33-2/h5-7,9,16H,8,10H2,1-4H3,(H,28,29,31)/t16-,21+/m0/s1. The van der Waals surface area contributed by atoms with Crippen LogP contribution in [-0.4, -0.2) is 62.6 Å². The number of rotatable bonds is 6. The number of benzene rings is 1. The first-order chi connectivity index (χ1) is 16.4. The van der Waals surface area contributed by atoms with Crippen LogP contribution in [0, 0.1) is 18.6 Å². The third-order valence-corrected chi connectivity index (χ3v) is 5.83. The van der Waals surface area contributed by atoms with E-state index in [1.54, 1.807) is 6.92 Å². The molecule has 2 atom stereocenters. The summed E-state index contributed by atoms with van der Waals surface area (Å²) in [4.78, 5) is 29.9. The Labute approximate surface area is 197 Å². The smallest absolute Gasteiger partial charge is 0.419 e. The number of halogens is 5. The summed E-state index contributed by atoms with van der Waals surface area (Å²) in [5, 5.41) is 2.49. The van der Waals surface area contributed by atoms with Crippen molar-refractivity contribution in [1.29, 1.82) is 0 Å². The number of hydrogen-bond acceptors (Lipinski definition) is 7. The number of anilines is 2. The van der Waals surface area contributed by atoms with Gasteiger partial charge in [-0.05, 0) is 30.7 Å². The lowest BCUT2D eigenvalue weighted by Gasteiger charge is -2.31. The number of hydrogen-bond donors (Lipinski definition) is 1. The van der Waals surface area contributed by atoms with E-state index in [0.717, 1.165) is 38.4 Å². The molecule has 8 nitrogen and oxygen atoms in total. The second-order valence-electron chi connectivity index (χ2n) is 7.82. The number of esters is 1. The first kappa shape index (κ1) is 26.1. The van der Waals surface area contributed by atoms with Crippen LogP contribution in [-0.2, 0) is 14.3 Å². The minimum atomic E-state index is -4.90. The lowest BCUT2D eigenvalue weighted by Crippen LogP contribution is -2.49. The van der Waals surface area contributed by atoms with E-state index in [1.165, 1.54) is 12.3 Å². The molecule has 0 saturated carbocycles. The Morgan fingerprint density at radius 2 is 1.89 bits per heavy atom. The quantitative estimate of drug-likeness (QED) is 0.476. The van der Waals surface area contributed by atoms with Gasteiger partial charge in [-0.1, -0.05) is 0 Å². The summed E-state index contributed by atoms with van der Waals surface area (Å²) in [5.41, 5.74) is -2.67. The van der Waals surface area contributed by atoms with Gasteiger partial charge in [-0.15, -0.1) is 0 Å². The second-order valence-corrected chi connectivity index (χ2v) is 7.82. The number of nitrogens with one attached hydrogen (secondary N) is 1. The van der Waals surface area contributed by atoms with Crippen LogP contribution in [0.4, 0.5) is 33.3 Å². The minimum absolute atomic E-state index is 0.101. The zero-order valence-corrected chi connectivity index (χ0v) is 19.1. The van der Waals surface area contributed by atoms with E-state index in [9.17, 15) is 31.5 Å². The van der Waals surface area contributed by atoms with E-state index in [4.69, 9.17) is 9.47 Å². The second kappa shape index (κ2) is 9.64. The summed E-state index contributed by atoms with van der Waals surface area (Å²) >= 11 is 0. The average Bonchev–Trinajstić information content (AvgIpc) is 3.23. The Morgan fingerprint density at radius 3 is 2.46 bits per heavy atom. The monoisotopic (exact) mass is 503 g/mol. The molecule has 2 heterocycles. The van der Waals surface area contributed by atoms with Gasteiger partial charge in [0.05, 0.1) is 26.5 Å². The van der Waals surface area contributed by atoms with Gasteiger partial charge in [0.2, 0.25) is 11.7 Å². The van der Waals surface area contributed by atoms with Gasteiger partial charge in [-0.2, -0.15) is 17.6 Å². The molecule has 0 unspecified atom stereocenters. The number of pyridine rings is 1. The van der Waals surface area contributed by atoms with Gasteiger partial charge in [0.1, 0.15) is 11.7 Å². The van der Waals surface area contributed by atoms with Crippen molar-refractivity contribution in [2.75, 3.05) is 38.1 Å². The Kier molecular flexibility index (Phi) is 7.20. The number of aromatic nitrogens is 1. The van der Waals surface area contributed by atoms with Crippen LogP contribution >= 0.6 is 0 Å². The molecule has 1 saturated heterocycles. The summed E-state index contributed by atoms with van der Waals surface area (Å²) in [6.45, 7) is 0.666. The van der Waals surface area contributed by atoms with Crippen LogP contribution in [0.3, 0.4) is 0 Å². The zero-order chi connectivity index (χ0) is 26.1. The SMILES string of the molecule is COC(=O)c1cc(NC(=O)[C@@H]2C[C@](OC)(C(F)(F)F)CN2c2ccc(F)c(F)c2OC)c(C)cn1. The highest BCUT2D eigenvalue weighted by molar-refractivity contribution is 5.99. The molecule has 0 bridgehead atoms. The molecule has 0 spiro atoms. The molecule has 1 amide bonds. The number of ether oxygens (including phenoxy) is 3. The lowest BCUT2D eigenvalue weighted by molar-refractivity contribution is -0.261. The van der Waals surface area contributed by atoms with Crippen LogP contribution < -0.4 is 15.0 Å². The Hall–Kier alpha value is -3.48. The first-order valence-electron chi connectivity index (χ1n) is 10.2. The van der Waals surface area contributed by atoms with Gasteiger partial charge in [-0.3, -0.25) is 4.79 Å². The molecule has 190 valence electrons. The summed E-state index contributed by atoms with van der Waals surface area (Å²) in [6, 6.07) is 1.42. The Morgan fingerprint density at radius 1 is 1.20 bits per heavy atom. The van der Waals surface area contributed by atoms with Crippen molar-refractivity contribution in [3.05, 3.63) is 47.3 Å². The molecule has 35 heavy (non-hydrogen) atoms. The molecule has 0 aliphatic carbocycles. The molecule has 0 radical (unpaired) electrons. The van der Waals surface area contributed by atoms with Crippen molar-refractivity contribution in [2.45, 2.75) is 31.2 Å². The molecule has 1 aliphatic rings. The lowest BCUT2D eigenvalue weighted by atomic mass is 9.99. The molecule has 3 rings (SSSR count). The highest BCUT2D eigenvalue weighted by Gasteiger charge is 2.63. The number of methoxy groups -OCH3 is 3.